The summed E-state index contributed by atoms with van der Waals surface area (Å²) in [6.07, 6.45) is 4.37. The summed E-state index contributed by atoms with van der Waals surface area (Å²) in [6, 6.07) is 7.97. The van der Waals surface area contributed by atoms with E-state index in [1.54, 1.807) is 0 Å². The van der Waals surface area contributed by atoms with Crippen molar-refractivity contribution in [3.63, 3.8) is 0 Å². The minimum atomic E-state index is -0.213. The number of carbonyl (C=O) groups is 1. The Balaban J connectivity index is 2.13. The molecule has 0 saturated carbocycles. The van der Waals surface area contributed by atoms with Crippen LogP contribution in [0.25, 0.3) is 0 Å². The summed E-state index contributed by atoms with van der Waals surface area (Å²) in [5.41, 5.74) is 2.31. The fourth-order valence-corrected chi connectivity index (χ4v) is 1.67. The van der Waals surface area contributed by atoms with Gasteiger partial charge in [-0.2, -0.15) is 0 Å². The number of hydrogen-bond acceptors (Lipinski definition) is 4. The second-order valence-corrected chi connectivity index (χ2v) is 4.22. The number of amides is 1. The summed E-state index contributed by atoms with van der Waals surface area (Å²) < 4.78 is 0. The number of nitrogens with zero attached hydrogens (tertiary/aromatic N) is 2. The molecule has 1 amide bonds. The first-order valence-electron chi connectivity index (χ1n) is 6.04. The summed E-state index contributed by atoms with van der Waals surface area (Å²) in [6.45, 7) is 2.06. The minimum absolute atomic E-state index is 0.213. The molecule has 19 heavy (non-hydrogen) atoms. The predicted molar refractivity (Wildman–Crippen MR) is 73.9 cm³/mol. The monoisotopic (exact) mass is 256 g/mol. The summed E-state index contributed by atoms with van der Waals surface area (Å²) in [7, 11) is 1.90. The Morgan fingerprint density at radius 1 is 1.26 bits per heavy atom. The lowest BCUT2D eigenvalue weighted by Gasteiger charge is -2.12. The maximum atomic E-state index is 12.0. The molecule has 1 aromatic carbocycles. The predicted octanol–water partition coefficient (Wildman–Crippen LogP) is 2.01. The van der Waals surface area contributed by atoms with Crippen LogP contribution in [0.1, 0.15) is 28.9 Å². The molecular formula is C14H16N4O. The van der Waals surface area contributed by atoms with Crippen LogP contribution in [0.4, 0.5) is 5.69 Å². The van der Waals surface area contributed by atoms with E-state index in [0.29, 0.717) is 5.56 Å². The Labute approximate surface area is 112 Å². The van der Waals surface area contributed by atoms with E-state index in [1.165, 1.54) is 18.7 Å². The first-order chi connectivity index (χ1) is 9.20. The van der Waals surface area contributed by atoms with Crippen LogP contribution in [0.15, 0.2) is 43.0 Å². The van der Waals surface area contributed by atoms with Crippen molar-refractivity contribution < 1.29 is 4.79 Å². The zero-order chi connectivity index (χ0) is 13.7. The van der Waals surface area contributed by atoms with Crippen LogP contribution in [0.3, 0.4) is 0 Å². The van der Waals surface area contributed by atoms with Gasteiger partial charge in [-0.05, 0) is 31.7 Å². The average Bonchev–Trinajstić information content (AvgIpc) is 2.47. The number of benzene rings is 1. The first-order valence-corrected chi connectivity index (χ1v) is 6.04. The van der Waals surface area contributed by atoms with Gasteiger partial charge in [0.25, 0.3) is 5.91 Å². The van der Waals surface area contributed by atoms with Gasteiger partial charge in [-0.25, -0.2) is 9.97 Å². The van der Waals surface area contributed by atoms with E-state index in [9.17, 15) is 4.79 Å². The third kappa shape index (κ3) is 3.35. The van der Waals surface area contributed by atoms with Gasteiger partial charge >= 0.3 is 0 Å². The van der Waals surface area contributed by atoms with E-state index in [0.717, 1.165) is 11.3 Å². The molecule has 1 heterocycles. The lowest BCUT2D eigenvalue weighted by molar-refractivity contribution is 0.102. The Hall–Kier alpha value is -2.27. The van der Waals surface area contributed by atoms with Gasteiger partial charge < -0.3 is 10.6 Å². The van der Waals surface area contributed by atoms with E-state index in [2.05, 4.69) is 27.5 Å². The second-order valence-electron chi connectivity index (χ2n) is 4.22. The summed E-state index contributed by atoms with van der Waals surface area (Å²) in [5, 5.41) is 5.99. The van der Waals surface area contributed by atoms with Gasteiger partial charge in [-0.1, -0.05) is 12.1 Å². The molecule has 2 rings (SSSR count). The zero-order valence-electron chi connectivity index (χ0n) is 10.9. The van der Waals surface area contributed by atoms with Crippen LogP contribution in [0.2, 0.25) is 0 Å². The molecule has 1 atom stereocenters. The number of hydrogen-bond donors (Lipinski definition) is 2. The minimum Gasteiger partial charge on any atom is -0.322 e. The van der Waals surface area contributed by atoms with Crippen LogP contribution in [-0.4, -0.2) is 22.9 Å². The Morgan fingerprint density at radius 2 is 2.00 bits per heavy atom. The van der Waals surface area contributed by atoms with E-state index in [4.69, 9.17) is 0 Å². The third-order valence-corrected chi connectivity index (χ3v) is 2.90. The zero-order valence-corrected chi connectivity index (χ0v) is 10.9. The summed E-state index contributed by atoms with van der Waals surface area (Å²) >= 11 is 0. The molecule has 0 aliphatic carbocycles. The molecule has 1 unspecified atom stereocenters. The number of rotatable bonds is 4. The van der Waals surface area contributed by atoms with E-state index in [-0.39, 0.29) is 11.9 Å². The molecule has 0 radical (unpaired) electrons. The van der Waals surface area contributed by atoms with Crippen LogP contribution >= 0.6 is 0 Å². The maximum absolute atomic E-state index is 12.0. The lowest BCUT2D eigenvalue weighted by atomic mass is 10.1. The molecule has 2 N–H and O–H groups in total. The molecule has 2 aromatic rings. The molecule has 0 spiro atoms. The van der Waals surface area contributed by atoms with Crippen molar-refractivity contribution in [1.82, 2.24) is 15.3 Å². The summed E-state index contributed by atoms with van der Waals surface area (Å²) in [4.78, 5) is 19.6. The van der Waals surface area contributed by atoms with Crippen molar-refractivity contribution in [1.29, 1.82) is 0 Å². The highest BCUT2D eigenvalue weighted by Crippen LogP contribution is 2.17. The van der Waals surface area contributed by atoms with Crippen molar-refractivity contribution in [2.24, 2.45) is 0 Å². The highest BCUT2D eigenvalue weighted by molar-refractivity contribution is 6.03. The Bertz CT molecular complexity index is 556. The van der Waals surface area contributed by atoms with Gasteiger partial charge in [0.15, 0.2) is 0 Å². The summed E-state index contributed by atoms with van der Waals surface area (Å²) in [5.74, 6) is -0.213. The molecule has 5 heteroatoms. The van der Waals surface area contributed by atoms with Gasteiger partial charge in [0.2, 0.25) is 0 Å². The van der Waals surface area contributed by atoms with E-state index < -0.39 is 0 Å². The van der Waals surface area contributed by atoms with Gasteiger partial charge in [-0.3, -0.25) is 4.79 Å². The molecule has 0 fully saturated rings. The van der Waals surface area contributed by atoms with Gasteiger partial charge in [0.1, 0.15) is 6.33 Å². The normalized spacial score (nSPS) is 11.9. The number of carbonyl (C=O) groups excluding carboxylic acids is 1. The molecule has 5 nitrogen and oxygen atoms in total. The maximum Gasteiger partial charge on any atom is 0.258 e. The highest BCUT2D eigenvalue weighted by atomic mass is 16.1. The number of anilines is 1. The Morgan fingerprint density at radius 3 is 2.68 bits per heavy atom. The quantitative estimate of drug-likeness (QED) is 0.878. The lowest BCUT2D eigenvalue weighted by Crippen LogP contribution is -2.15. The molecule has 1 aromatic heterocycles. The largest absolute Gasteiger partial charge is 0.322 e. The topological polar surface area (TPSA) is 66.9 Å². The molecule has 0 aliphatic heterocycles. The fourth-order valence-electron chi connectivity index (χ4n) is 1.67. The molecule has 0 saturated heterocycles. The van der Waals surface area contributed by atoms with Gasteiger partial charge in [0.05, 0.1) is 5.56 Å². The molecule has 0 bridgehead atoms. The van der Waals surface area contributed by atoms with Gasteiger partial charge in [0, 0.05) is 24.1 Å². The van der Waals surface area contributed by atoms with Crippen molar-refractivity contribution in [2.75, 3.05) is 12.4 Å². The van der Waals surface area contributed by atoms with Crippen molar-refractivity contribution in [3.8, 4) is 0 Å². The standard InChI is InChI=1S/C14H16N4O/c1-10(15-2)11-4-3-5-13(6-11)18-14(19)12-7-16-9-17-8-12/h3-10,15H,1-2H3,(H,18,19). The van der Waals surface area contributed by atoms with E-state index in [1.807, 2.05) is 31.3 Å². The molecule has 98 valence electrons. The SMILES string of the molecule is CNC(C)c1cccc(NC(=O)c2cncnc2)c1. The average molecular weight is 256 g/mol. The first kappa shape index (κ1) is 13.2. The Kier molecular flexibility index (Phi) is 4.20. The van der Waals surface area contributed by atoms with Crippen molar-refractivity contribution in [3.05, 3.63) is 54.1 Å². The third-order valence-electron chi connectivity index (χ3n) is 2.90. The second kappa shape index (κ2) is 6.06. The van der Waals surface area contributed by atoms with Crippen molar-refractivity contribution in [2.45, 2.75) is 13.0 Å². The molecule has 0 aliphatic rings. The van der Waals surface area contributed by atoms with Crippen molar-refractivity contribution >= 4 is 11.6 Å². The van der Waals surface area contributed by atoms with Crippen LogP contribution in [0, 0.1) is 0 Å². The van der Waals surface area contributed by atoms with Gasteiger partial charge in [-0.15, -0.1) is 0 Å². The fraction of sp³-hybridized carbons (Fsp3) is 0.214. The van der Waals surface area contributed by atoms with E-state index >= 15 is 0 Å². The smallest absolute Gasteiger partial charge is 0.258 e. The van der Waals surface area contributed by atoms with Crippen LogP contribution < -0.4 is 10.6 Å². The van der Waals surface area contributed by atoms with Crippen LogP contribution in [0.5, 0.6) is 0 Å². The van der Waals surface area contributed by atoms with Crippen LogP contribution in [-0.2, 0) is 0 Å². The number of aromatic nitrogens is 2. The number of nitrogens with one attached hydrogen (secondary N) is 2. The highest BCUT2D eigenvalue weighted by Gasteiger charge is 2.08. The molecular weight excluding hydrogens is 240 g/mol.